The summed E-state index contributed by atoms with van der Waals surface area (Å²) in [5.41, 5.74) is 5.90. The van der Waals surface area contributed by atoms with Gasteiger partial charge in [0.2, 0.25) is 5.91 Å². The lowest BCUT2D eigenvalue weighted by Crippen LogP contribution is -2.49. The first kappa shape index (κ1) is 16.8. The maximum atomic E-state index is 12.6. The van der Waals surface area contributed by atoms with E-state index in [0.29, 0.717) is 18.0 Å². The van der Waals surface area contributed by atoms with E-state index in [1.807, 2.05) is 13.8 Å². The molecule has 112 valence electrons. The third kappa shape index (κ3) is 4.09. The summed E-state index contributed by atoms with van der Waals surface area (Å²) in [6, 6.07) is 0.973. The SMILES string of the molecule is CC1CCC(N(C(=O)C(C)C(C)N)C2CC2)CC1.Cl. The number of hydrogen-bond donors (Lipinski definition) is 1. The van der Waals surface area contributed by atoms with Crippen LogP contribution in [0.4, 0.5) is 0 Å². The van der Waals surface area contributed by atoms with E-state index in [0.717, 1.165) is 5.92 Å². The van der Waals surface area contributed by atoms with Gasteiger partial charge in [-0.25, -0.2) is 0 Å². The van der Waals surface area contributed by atoms with E-state index in [9.17, 15) is 4.79 Å². The molecule has 2 unspecified atom stereocenters. The molecule has 0 aromatic carbocycles. The molecule has 0 aliphatic heterocycles. The molecule has 4 heteroatoms. The molecular weight excluding hydrogens is 260 g/mol. The van der Waals surface area contributed by atoms with Gasteiger partial charge in [-0.1, -0.05) is 13.8 Å². The second-order valence-corrected chi connectivity index (χ2v) is 6.54. The van der Waals surface area contributed by atoms with Crippen molar-refractivity contribution in [2.45, 2.75) is 77.4 Å². The predicted molar refractivity (Wildman–Crippen MR) is 81.3 cm³/mol. The van der Waals surface area contributed by atoms with Crippen LogP contribution in [-0.2, 0) is 4.79 Å². The lowest BCUT2D eigenvalue weighted by Gasteiger charge is -2.38. The molecule has 0 heterocycles. The van der Waals surface area contributed by atoms with Crippen molar-refractivity contribution >= 4 is 18.3 Å². The quantitative estimate of drug-likeness (QED) is 0.864. The number of carbonyl (C=O) groups excluding carboxylic acids is 1. The van der Waals surface area contributed by atoms with Gasteiger partial charge in [0.1, 0.15) is 0 Å². The van der Waals surface area contributed by atoms with E-state index in [1.165, 1.54) is 38.5 Å². The minimum atomic E-state index is -0.0405. The van der Waals surface area contributed by atoms with Crippen LogP contribution >= 0.6 is 12.4 Å². The molecule has 2 rings (SSSR count). The predicted octanol–water partition coefficient (Wildman–Crippen LogP) is 2.96. The van der Waals surface area contributed by atoms with Gasteiger partial charge in [-0.2, -0.15) is 0 Å². The van der Waals surface area contributed by atoms with Crippen molar-refractivity contribution in [3.8, 4) is 0 Å². The molecule has 2 aliphatic rings. The first-order chi connectivity index (χ1) is 8.50. The number of amides is 1. The molecule has 0 saturated heterocycles. The molecule has 1 amide bonds. The third-order valence-electron chi connectivity index (χ3n) is 4.75. The summed E-state index contributed by atoms with van der Waals surface area (Å²) in [6.07, 6.45) is 7.32. The van der Waals surface area contributed by atoms with Gasteiger partial charge in [-0.3, -0.25) is 4.79 Å². The van der Waals surface area contributed by atoms with E-state index in [-0.39, 0.29) is 24.4 Å². The van der Waals surface area contributed by atoms with Crippen molar-refractivity contribution in [3.05, 3.63) is 0 Å². The third-order valence-corrected chi connectivity index (χ3v) is 4.75. The van der Waals surface area contributed by atoms with Crippen molar-refractivity contribution in [2.24, 2.45) is 17.6 Å². The number of rotatable bonds is 4. The standard InChI is InChI=1S/C15H28N2O.ClH/c1-10-4-6-13(7-5-10)17(14-8-9-14)15(18)11(2)12(3)16;/h10-14H,4-9,16H2,1-3H3;1H. The normalized spacial score (nSPS) is 30.1. The van der Waals surface area contributed by atoms with Gasteiger partial charge >= 0.3 is 0 Å². The summed E-state index contributed by atoms with van der Waals surface area (Å²) < 4.78 is 0. The van der Waals surface area contributed by atoms with Gasteiger partial charge in [0.25, 0.3) is 0 Å². The largest absolute Gasteiger partial charge is 0.336 e. The van der Waals surface area contributed by atoms with Gasteiger partial charge in [-0.15, -0.1) is 12.4 Å². The molecule has 0 radical (unpaired) electrons. The van der Waals surface area contributed by atoms with Crippen LogP contribution < -0.4 is 5.73 Å². The highest BCUT2D eigenvalue weighted by atomic mass is 35.5. The molecule has 0 spiro atoms. The van der Waals surface area contributed by atoms with Crippen LogP contribution in [0.2, 0.25) is 0 Å². The zero-order valence-electron chi connectivity index (χ0n) is 12.5. The van der Waals surface area contributed by atoms with Gasteiger partial charge in [0, 0.05) is 18.1 Å². The molecule has 0 aromatic rings. The minimum Gasteiger partial charge on any atom is -0.336 e. The lowest BCUT2D eigenvalue weighted by molar-refractivity contribution is -0.139. The van der Waals surface area contributed by atoms with Crippen LogP contribution in [0.3, 0.4) is 0 Å². The highest BCUT2D eigenvalue weighted by Gasteiger charge is 2.40. The second kappa shape index (κ2) is 6.94. The summed E-state index contributed by atoms with van der Waals surface area (Å²) in [5, 5.41) is 0. The van der Waals surface area contributed by atoms with Crippen LogP contribution in [0.1, 0.15) is 59.3 Å². The second-order valence-electron chi connectivity index (χ2n) is 6.54. The van der Waals surface area contributed by atoms with Gasteiger partial charge in [0.05, 0.1) is 5.92 Å². The zero-order valence-corrected chi connectivity index (χ0v) is 13.3. The smallest absolute Gasteiger partial charge is 0.227 e. The van der Waals surface area contributed by atoms with Crippen molar-refractivity contribution in [1.82, 2.24) is 4.90 Å². The number of hydrogen-bond acceptors (Lipinski definition) is 2. The van der Waals surface area contributed by atoms with Gasteiger partial charge in [0.15, 0.2) is 0 Å². The van der Waals surface area contributed by atoms with E-state index < -0.39 is 0 Å². The van der Waals surface area contributed by atoms with Crippen LogP contribution in [0, 0.1) is 11.8 Å². The Hall–Kier alpha value is -0.280. The van der Waals surface area contributed by atoms with Crippen molar-refractivity contribution in [3.63, 3.8) is 0 Å². The minimum absolute atomic E-state index is 0. The van der Waals surface area contributed by atoms with Crippen LogP contribution in [0.15, 0.2) is 0 Å². The van der Waals surface area contributed by atoms with Crippen molar-refractivity contribution in [1.29, 1.82) is 0 Å². The van der Waals surface area contributed by atoms with E-state index in [1.54, 1.807) is 0 Å². The van der Waals surface area contributed by atoms with Crippen molar-refractivity contribution in [2.75, 3.05) is 0 Å². The monoisotopic (exact) mass is 288 g/mol. The lowest BCUT2D eigenvalue weighted by atomic mass is 9.86. The molecule has 0 bridgehead atoms. The fourth-order valence-corrected chi connectivity index (χ4v) is 2.99. The summed E-state index contributed by atoms with van der Waals surface area (Å²) in [7, 11) is 0. The Morgan fingerprint density at radius 3 is 1.84 bits per heavy atom. The molecule has 3 nitrogen and oxygen atoms in total. The first-order valence-corrected chi connectivity index (χ1v) is 7.58. The number of nitrogens with two attached hydrogens (primary N) is 1. The Bertz CT molecular complexity index is 297. The highest BCUT2D eigenvalue weighted by molar-refractivity contribution is 5.85. The average Bonchev–Trinajstić information content (AvgIpc) is 3.15. The number of nitrogens with zero attached hydrogens (tertiary/aromatic N) is 1. The van der Waals surface area contributed by atoms with E-state index in [4.69, 9.17) is 5.73 Å². The fraction of sp³-hybridized carbons (Fsp3) is 0.933. The molecule has 2 fully saturated rings. The van der Waals surface area contributed by atoms with Crippen molar-refractivity contribution < 1.29 is 4.79 Å². The Balaban J connectivity index is 0.00000180. The molecule has 2 atom stereocenters. The molecule has 2 saturated carbocycles. The Morgan fingerprint density at radius 1 is 1.05 bits per heavy atom. The van der Waals surface area contributed by atoms with E-state index in [2.05, 4.69) is 11.8 Å². The Morgan fingerprint density at radius 2 is 1.47 bits per heavy atom. The summed E-state index contributed by atoms with van der Waals surface area (Å²) in [5.74, 6) is 1.10. The molecule has 0 aromatic heterocycles. The Labute approximate surface area is 123 Å². The molecular formula is C15H29ClN2O. The van der Waals surface area contributed by atoms with Crippen LogP contribution in [-0.4, -0.2) is 28.9 Å². The van der Waals surface area contributed by atoms with E-state index >= 15 is 0 Å². The summed E-state index contributed by atoms with van der Waals surface area (Å²) >= 11 is 0. The topological polar surface area (TPSA) is 46.3 Å². The Kier molecular flexibility index (Phi) is 6.13. The molecule has 2 aliphatic carbocycles. The summed E-state index contributed by atoms with van der Waals surface area (Å²) in [4.78, 5) is 14.8. The maximum absolute atomic E-state index is 12.6. The maximum Gasteiger partial charge on any atom is 0.227 e. The zero-order chi connectivity index (χ0) is 13.3. The number of halogens is 1. The summed E-state index contributed by atoms with van der Waals surface area (Å²) in [6.45, 7) is 6.24. The van der Waals surface area contributed by atoms with Gasteiger partial charge < -0.3 is 10.6 Å². The van der Waals surface area contributed by atoms with Crippen LogP contribution in [0.25, 0.3) is 0 Å². The highest BCUT2D eigenvalue weighted by Crippen LogP contribution is 2.36. The average molecular weight is 289 g/mol. The van der Waals surface area contributed by atoms with Crippen LogP contribution in [0.5, 0.6) is 0 Å². The fourth-order valence-electron chi connectivity index (χ4n) is 2.99. The first-order valence-electron chi connectivity index (χ1n) is 7.58. The number of carbonyl (C=O) groups is 1. The molecule has 2 N–H and O–H groups in total. The van der Waals surface area contributed by atoms with Gasteiger partial charge in [-0.05, 0) is 51.4 Å². The molecule has 19 heavy (non-hydrogen) atoms.